The number of ketones is 1. The number of hydrogen-bond donors (Lipinski definition) is 1. The van der Waals surface area contributed by atoms with Crippen LogP contribution in [0.2, 0.25) is 0 Å². The number of Topliss-reactive ketones (excluding diaryl/α,β-unsaturated/α-hetero) is 1. The van der Waals surface area contributed by atoms with Crippen molar-refractivity contribution in [2.45, 2.75) is 26.3 Å². The van der Waals surface area contributed by atoms with Crippen molar-refractivity contribution in [2.24, 2.45) is 0 Å². The van der Waals surface area contributed by atoms with Gasteiger partial charge in [-0.1, -0.05) is 42.0 Å². The van der Waals surface area contributed by atoms with E-state index in [2.05, 4.69) is 5.32 Å². The van der Waals surface area contributed by atoms with E-state index in [0.29, 0.717) is 6.54 Å². The summed E-state index contributed by atoms with van der Waals surface area (Å²) in [6, 6.07) is 13.8. The number of benzene rings is 2. The Hall–Kier alpha value is -2.00. The van der Waals surface area contributed by atoms with E-state index in [4.69, 9.17) is 0 Å². The molecule has 0 saturated heterocycles. The van der Waals surface area contributed by atoms with E-state index < -0.39 is 0 Å². The average molecular weight is 285 g/mol. The minimum Gasteiger partial charge on any atom is -0.307 e. The maximum Gasteiger partial charge on any atom is 0.179 e. The average Bonchev–Trinajstić information content (AvgIpc) is 2.49. The van der Waals surface area contributed by atoms with Gasteiger partial charge < -0.3 is 5.32 Å². The molecule has 21 heavy (non-hydrogen) atoms. The number of hydrogen-bond acceptors (Lipinski definition) is 2. The van der Waals surface area contributed by atoms with Crippen LogP contribution in [0.5, 0.6) is 0 Å². The van der Waals surface area contributed by atoms with Gasteiger partial charge in [-0.15, -0.1) is 0 Å². The fourth-order valence-corrected chi connectivity index (χ4v) is 2.14. The van der Waals surface area contributed by atoms with Gasteiger partial charge in [0.1, 0.15) is 5.82 Å². The monoisotopic (exact) mass is 285 g/mol. The molecular weight excluding hydrogens is 265 g/mol. The van der Waals surface area contributed by atoms with Gasteiger partial charge in [0.2, 0.25) is 0 Å². The van der Waals surface area contributed by atoms with Gasteiger partial charge in [-0.2, -0.15) is 0 Å². The molecular formula is C18H20FNO. The molecule has 1 unspecified atom stereocenters. The van der Waals surface area contributed by atoms with Crippen LogP contribution in [-0.2, 0) is 6.42 Å². The van der Waals surface area contributed by atoms with Crippen molar-refractivity contribution in [2.75, 3.05) is 6.54 Å². The predicted octanol–water partition coefficient (Wildman–Crippen LogP) is 3.54. The van der Waals surface area contributed by atoms with Crippen LogP contribution >= 0.6 is 0 Å². The van der Waals surface area contributed by atoms with Crippen molar-refractivity contribution >= 4 is 5.78 Å². The topological polar surface area (TPSA) is 29.1 Å². The van der Waals surface area contributed by atoms with Gasteiger partial charge in [0.05, 0.1) is 6.04 Å². The Morgan fingerprint density at radius 2 is 1.71 bits per heavy atom. The van der Waals surface area contributed by atoms with Crippen molar-refractivity contribution in [3.05, 3.63) is 71.0 Å². The van der Waals surface area contributed by atoms with Crippen LogP contribution in [0.1, 0.15) is 28.4 Å². The first-order chi connectivity index (χ1) is 10.1. The molecule has 2 rings (SSSR count). The molecule has 0 aromatic heterocycles. The third-order valence-corrected chi connectivity index (χ3v) is 3.51. The Labute approximate surface area is 125 Å². The highest BCUT2D eigenvalue weighted by molar-refractivity contribution is 5.99. The van der Waals surface area contributed by atoms with E-state index in [-0.39, 0.29) is 17.6 Å². The minimum atomic E-state index is -0.229. The van der Waals surface area contributed by atoms with Crippen LogP contribution in [0, 0.1) is 12.7 Å². The summed E-state index contributed by atoms with van der Waals surface area (Å²) in [6.07, 6.45) is 0.770. The highest BCUT2D eigenvalue weighted by atomic mass is 19.1. The minimum absolute atomic E-state index is 0.0918. The summed E-state index contributed by atoms with van der Waals surface area (Å²) in [5, 5.41) is 3.22. The van der Waals surface area contributed by atoms with Gasteiger partial charge in [-0.3, -0.25) is 4.79 Å². The quantitative estimate of drug-likeness (QED) is 0.823. The highest BCUT2D eigenvalue weighted by Crippen LogP contribution is 2.07. The van der Waals surface area contributed by atoms with Crippen LogP contribution < -0.4 is 5.32 Å². The third kappa shape index (κ3) is 4.50. The lowest BCUT2D eigenvalue weighted by molar-refractivity contribution is 0.0951. The molecule has 0 aliphatic rings. The first-order valence-electron chi connectivity index (χ1n) is 7.15. The normalized spacial score (nSPS) is 12.1. The van der Waals surface area contributed by atoms with Crippen LogP contribution in [0.3, 0.4) is 0 Å². The summed E-state index contributed by atoms with van der Waals surface area (Å²) in [5.41, 5.74) is 2.92. The molecule has 0 aliphatic carbocycles. The molecule has 1 atom stereocenters. The summed E-state index contributed by atoms with van der Waals surface area (Å²) in [4.78, 5) is 12.2. The number of carbonyl (C=O) groups is 1. The molecule has 0 radical (unpaired) electrons. The third-order valence-electron chi connectivity index (χ3n) is 3.51. The highest BCUT2D eigenvalue weighted by Gasteiger charge is 2.13. The smallest absolute Gasteiger partial charge is 0.179 e. The van der Waals surface area contributed by atoms with E-state index in [1.807, 2.05) is 38.1 Å². The predicted molar refractivity (Wildman–Crippen MR) is 83.1 cm³/mol. The van der Waals surface area contributed by atoms with Crippen LogP contribution in [0.4, 0.5) is 4.39 Å². The summed E-state index contributed by atoms with van der Waals surface area (Å²) in [6.45, 7) is 4.55. The molecule has 0 saturated carbocycles. The molecule has 0 heterocycles. The largest absolute Gasteiger partial charge is 0.307 e. The summed E-state index contributed by atoms with van der Waals surface area (Å²) >= 11 is 0. The molecule has 110 valence electrons. The Kier molecular flexibility index (Phi) is 5.23. The second kappa shape index (κ2) is 7.14. The zero-order valence-corrected chi connectivity index (χ0v) is 12.4. The van der Waals surface area contributed by atoms with Crippen molar-refractivity contribution in [1.82, 2.24) is 5.32 Å². The maximum atomic E-state index is 12.8. The number of nitrogens with one attached hydrogen (secondary N) is 1. The summed E-state index contributed by atoms with van der Waals surface area (Å²) < 4.78 is 12.8. The zero-order valence-electron chi connectivity index (χ0n) is 12.4. The SMILES string of the molecule is Cc1ccc(C(=O)C(C)NCCc2ccc(F)cc2)cc1. The molecule has 3 heteroatoms. The molecule has 2 aromatic rings. The molecule has 0 bridgehead atoms. The van der Waals surface area contributed by atoms with Crippen molar-refractivity contribution in [3.8, 4) is 0 Å². The fraction of sp³-hybridized carbons (Fsp3) is 0.278. The van der Waals surface area contributed by atoms with Crippen LogP contribution in [0.15, 0.2) is 48.5 Å². The lowest BCUT2D eigenvalue weighted by Crippen LogP contribution is -2.35. The molecule has 1 N–H and O–H groups in total. The second-order valence-corrected chi connectivity index (χ2v) is 5.28. The summed E-state index contributed by atoms with van der Waals surface area (Å²) in [5.74, 6) is -0.135. The number of carbonyl (C=O) groups excluding carboxylic acids is 1. The molecule has 0 amide bonds. The number of rotatable bonds is 6. The Bertz CT molecular complexity index is 590. The van der Waals surface area contributed by atoms with E-state index in [1.165, 1.54) is 12.1 Å². The molecule has 0 fully saturated rings. The standard InChI is InChI=1S/C18H20FNO/c1-13-3-7-16(8-4-13)18(21)14(2)20-12-11-15-5-9-17(19)10-6-15/h3-10,14,20H,11-12H2,1-2H3. The molecule has 0 spiro atoms. The van der Waals surface area contributed by atoms with E-state index in [1.54, 1.807) is 12.1 Å². The number of halogens is 1. The lowest BCUT2D eigenvalue weighted by Gasteiger charge is -2.13. The first-order valence-corrected chi connectivity index (χ1v) is 7.15. The van der Waals surface area contributed by atoms with Crippen molar-refractivity contribution < 1.29 is 9.18 Å². The Balaban J connectivity index is 1.83. The lowest BCUT2D eigenvalue weighted by atomic mass is 10.0. The Morgan fingerprint density at radius 3 is 2.33 bits per heavy atom. The zero-order chi connectivity index (χ0) is 15.2. The Morgan fingerprint density at radius 1 is 1.10 bits per heavy atom. The van der Waals surface area contributed by atoms with Gasteiger partial charge in [0.15, 0.2) is 5.78 Å². The van der Waals surface area contributed by atoms with Crippen molar-refractivity contribution in [1.29, 1.82) is 0 Å². The van der Waals surface area contributed by atoms with Gasteiger partial charge in [-0.25, -0.2) is 4.39 Å². The molecule has 2 nitrogen and oxygen atoms in total. The van der Waals surface area contributed by atoms with Gasteiger partial charge >= 0.3 is 0 Å². The van der Waals surface area contributed by atoms with Crippen LogP contribution in [0.25, 0.3) is 0 Å². The first kappa shape index (κ1) is 15.4. The van der Waals surface area contributed by atoms with E-state index >= 15 is 0 Å². The molecule has 0 aliphatic heterocycles. The van der Waals surface area contributed by atoms with E-state index in [0.717, 1.165) is 23.1 Å². The van der Waals surface area contributed by atoms with Gasteiger partial charge in [0, 0.05) is 5.56 Å². The van der Waals surface area contributed by atoms with Crippen molar-refractivity contribution in [3.63, 3.8) is 0 Å². The van der Waals surface area contributed by atoms with Gasteiger partial charge in [-0.05, 0) is 44.5 Å². The maximum absolute atomic E-state index is 12.8. The summed E-state index contributed by atoms with van der Waals surface area (Å²) in [7, 11) is 0. The fourth-order valence-electron chi connectivity index (χ4n) is 2.14. The number of aryl methyl sites for hydroxylation is 1. The van der Waals surface area contributed by atoms with Crippen LogP contribution in [-0.4, -0.2) is 18.4 Å². The van der Waals surface area contributed by atoms with Gasteiger partial charge in [0.25, 0.3) is 0 Å². The molecule has 2 aromatic carbocycles. The second-order valence-electron chi connectivity index (χ2n) is 5.28. The van der Waals surface area contributed by atoms with E-state index in [9.17, 15) is 9.18 Å².